The van der Waals surface area contributed by atoms with Crippen LogP contribution in [0.5, 0.6) is 0 Å². The Morgan fingerprint density at radius 1 is 0.972 bits per heavy atom. The van der Waals surface area contributed by atoms with Gasteiger partial charge in [-0.2, -0.15) is 0 Å². The first-order valence-electron chi connectivity index (χ1n) is 11.1. The third kappa shape index (κ3) is 5.88. The Labute approximate surface area is 214 Å². The van der Waals surface area contributed by atoms with E-state index >= 15 is 0 Å². The van der Waals surface area contributed by atoms with Gasteiger partial charge >= 0.3 is 0 Å². The molecule has 5 rings (SSSR count). The predicted octanol–water partition coefficient (Wildman–Crippen LogP) is 4.23. The molecule has 3 heterocycles. The van der Waals surface area contributed by atoms with E-state index < -0.39 is 15.9 Å². The summed E-state index contributed by atoms with van der Waals surface area (Å²) in [6.07, 6.45) is 4.35. The van der Waals surface area contributed by atoms with Crippen LogP contribution in [-0.2, 0) is 16.4 Å². The molecule has 10 heteroatoms. The molecule has 2 aromatic carbocycles. The summed E-state index contributed by atoms with van der Waals surface area (Å²) < 4.78 is 23.1. The number of carbonyl (C=O) groups excluding carboxylic acids is 1. The van der Waals surface area contributed by atoms with Gasteiger partial charge in [0.25, 0.3) is 5.91 Å². The first kappa shape index (κ1) is 25.3. The lowest BCUT2D eigenvalue weighted by molar-refractivity contribution is 0.0946. The van der Waals surface area contributed by atoms with Crippen molar-refractivity contribution in [2.75, 3.05) is 5.01 Å². The summed E-state index contributed by atoms with van der Waals surface area (Å²) >= 11 is 5.84. The van der Waals surface area contributed by atoms with E-state index in [-0.39, 0.29) is 21.5 Å². The molecule has 0 saturated heterocycles. The number of nitrogens with two attached hydrogens (primary N) is 1. The average molecular weight is 522 g/mol. The maximum Gasteiger partial charge on any atom is 0.269 e. The number of hydrogen-bond acceptors (Lipinski definition) is 6. The molecule has 1 amide bonds. The summed E-state index contributed by atoms with van der Waals surface area (Å²) in [5, 5.41) is 6.88. The maximum atomic E-state index is 12.5. The third-order valence-electron chi connectivity index (χ3n) is 5.52. The summed E-state index contributed by atoms with van der Waals surface area (Å²) in [6.45, 7) is 2.00. The number of benzene rings is 2. The van der Waals surface area contributed by atoms with Gasteiger partial charge in [-0.15, -0.1) is 0 Å². The number of sulfonamides is 1. The monoisotopic (exact) mass is 521 g/mol. The summed E-state index contributed by atoms with van der Waals surface area (Å²) in [5.41, 5.74) is 6.89. The van der Waals surface area contributed by atoms with Crippen LogP contribution >= 0.6 is 11.6 Å². The Bertz CT molecular complexity index is 1430. The first-order chi connectivity index (χ1) is 17.2. The second-order valence-electron chi connectivity index (χ2n) is 8.11. The number of hydrazine groups is 1. The van der Waals surface area contributed by atoms with Crippen LogP contribution in [-0.4, -0.2) is 30.3 Å². The fourth-order valence-electron chi connectivity index (χ4n) is 3.80. The summed E-state index contributed by atoms with van der Waals surface area (Å²) in [7, 11) is -4.00. The topological polar surface area (TPSA) is 118 Å². The number of amides is 1. The molecule has 36 heavy (non-hydrogen) atoms. The Kier molecular flexibility index (Phi) is 7.64. The molecule has 1 aliphatic heterocycles. The molecule has 0 radical (unpaired) electrons. The Morgan fingerprint density at radius 3 is 2.17 bits per heavy atom. The molecule has 0 saturated carbocycles. The van der Waals surface area contributed by atoms with E-state index in [4.69, 9.17) is 16.7 Å². The number of hydrogen-bond donors (Lipinski definition) is 2. The molecule has 0 fully saturated rings. The van der Waals surface area contributed by atoms with Crippen LogP contribution in [0.3, 0.4) is 0 Å². The van der Waals surface area contributed by atoms with Gasteiger partial charge in [0.15, 0.2) is 0 Å². The van der Waals surface area contributed by atoms with Crippen LogP contribution < -0.4 is 15.6 Å². The number of pyridine rings is 2. The zero-order valence-electron chi connectivity index (χ0n) is 19.4. The highest BCUT2D eigenvalue weighted by Gasteiger charge is 2.27. The smallest absolute Gasteiger partial charge is 0.269 e. The SMILES string of the molecule is C[C@@H]1Cc2ccccc2N1NC(=O)c1ccc(Cl)c(S(N)(=O)=O)c1.c1ccc(-c2ccccn2)nc1. The molecule has 8 nitrogen and oxygen atoms in total. The number of rotatable bonds is 4. The van der Waals surface area contributed by atoms with Crippen molar-refractivity contribution in [3.63, 3.8) is 0 Å². The lowest BCUT2D eigenvalue weighted by Crippen LogP contribution is -2.45. The molecule has 0 spiro atoms. The highest BCUT2D eigenvalue weighted by molar-refractivity contribution is 7.89. The zero-order chi connectivity index (χ0) is 25.7. The fraction of sp³-hybridized carbons (Fsp3) is 0.115. The highest BCUT2D eigenvalue weighted by atomic mass is 35.5. The standard InChI is InChI=1S/C16H16ClN3O3S.C10H8N2/c1-10-8-11-4-2-3-5-14(11)20(10)19-16(21)12-6-7-13(17)15(9-12)24(18,22)23;1-3-7-11-9(5-1)10-6-2-4-8-12-10/h2-7,9-10H,8H2,1H3,(H,19,21)(H2,18,22,23);1-8H/t10-;/m1./s1. The molecular weight excluding hydrogens is 498 g/mol. The van der Waals surface area contributed by atoms with Crippen LogP contribution in [0.25, 0.3) is 11.4 Å². The maximum absolute atomic E-state index is 12.5. The first-order valence-corrected chi connectivity index (χ1v) is 13.0. The van der Waals surface area contributed by atoms with E-state index in [9.17, 15) is 13.2 Å². The van der Waals surface area contributed by atoms with Crippen molar-refractivity contribution in [3.8, 4) is 11.4 Å². The van der Waals surface area contributed by atoms with E-state index in [1.165, 1.54) is 18.2 Å². The van der Waals surface area contributed by atoms with Gasteiger partial charge in [-0.05, 0) is 67.4 Å². The Hall–Kier alpha value is -3.79. The minimum Gasteiger partial charge on any atom is -0.282 e. The van der Waals surface area contributed by atoms with Gasteiger partial charge in [-0.25, -0.2) is 13.6 Å². The molecule has 0 bridgehead atoms. The molecule has 0 aliphatic carbocycles. The second-order valence-corrected chi connectivity index (χ2v) is 10.0. The lowest BCUT2D eigenvalue weighted by atomic mass is 10.1. The largest absolute Gasteiger partial charge is 0.282 e. The van der Waals surface area contributed by atoms with Gasteiger partial charge < -0.3 is 0 Å². The van der Waals surface area contributed by atoms with Gasteiger partial charge in [0.05, 0.1) is 28.1 Å². The predicted molar refractivity (Wildman–Crippen MR) is 140 cm³/mol. The van der Waals surface area contributed by atoms with E-state index in [1.54, 1.807) is 17.4 Å². The molecular formula is C26H24ClN5O3S. The second kappa shape index (κ2) is 10.9. The van der Waals surface area contributed by atoms with Crippen LogP contribution in [0, 0.1) is 0 Å². The number of primary sulfonamides is 1. The quantitative estimate of drug-likeness (QED) is 0.415. The number of para-hydroxylation sites is 1. The Morgan fingerprint density at radius 2 is 1.58 bits per heavy atom. The van der Waals surface area contributed by atoms with Crippen LogP contribution in [0.1, 0.15) is 22.8 Å². The van der Waals surface area contributed by atoms with Crippen molar-refractivity contribution in [1.29, 1.82) is 0 Å². The molecule has 1 atom stereocenters. The highest BCUT2D eigenvalue weighted by Crippen LogP contribution is 2.30. The number of carbonyl (C=O) groups is 1. The summed E-state index contributed by atoms with van der Waals surface area (Å²) in [5.74, 6) is -0.430. The third-order valence-corrected chi connectivity index (χ3v) is 6.91. The number of fused-ring (bicyclic) bond motifs is 1. The van der Waals surface area contributed by atoms with Crippen LogP contribution in [0.2, 0.25) is 5.02 Å². The van der Waals surface area contributed by atoms with Gasteiger partial charge in [0.2, 0.25) is 10.0 Å². The van der Waals surface area contributed by atoms with Crippen molar-refractivity contribution < 1.29 is 13.2 Å². The van der Waals surface area contributed by atoms with Gasteiger partial charge in [0, 0.05) is 18.0 Å². The zero-order valence-corrected chi connectivity index (χ0v) is 20.9. The number of anilines is 1. The number of nitrogens with one attached hydrogen (secondary N) is 1. The number of halogens is 1. The van der Waals surface area contributed by atoms with Crippen molar-refractivity contribution in [3.05, 3.63) is 107 Å². The van der Waals surface area contributed by atoms with Crippen LogP contribution in [0.4, 0.5) is 5.69 Å². The van der Waals surface area contributed by atoms with E-state index in [0.29, 0.717) is 0 Å². The number of nitrogens with zero attached hydrogens (tertiary/aromatic N) is 3. The van der Waals surface area contributed by atoms with Crippen molar-refractivity contribution in [2.24, 2.45) is 5.14 Å². The summed E-state index contributed by atoms with van der Waals surface area (Å²) in [4.78, 5) is 20.6. The molecule has 3 N–H and O–H groups in total. The summed E-state index contributed by atoms with van der Waals surface area (Å²) in [6, 6.07) is 23.5. The molecule has 184 valence electrons. The number of aromatic nitrogens is 2. The average Bonchev–Trinajstić information content (AvgIpc) is 3.20. The van der Waals surface area contributed by atoms with Crippen molar-refractivity contribution >= 4 is 33.2 Å². The normalized spacial score (nSPS) is 14.4. The fourth-order valence-corrected chi connectivity index (χ4v) is 4.87. The van der Waals surface area contributed by atoms with E-state index in [1.807, 2.05) is 67.6 Å². The van der Waals surface area contributed by atoms with E-state index in [0.717, 1.165) is 29.1 Å². The van der Waals surface area contributed by atoms with Crippen molar-refractivity contribution in [2.45, 2.75) is 24.3 Å². The minimum absolute atomic E-state index is 0.0195. The van der Waals surface area contributed by atoms with Gasteiger partial charge in [-0.3, -0.25) is 25.2 Å². The van der Waals surface area contributed by atoms with Gasteiger partial charge in [0.1, 0.15) is 4.90 Å². The molecule has 0 unspecified atom stereocenters. The van der Waals surface area contributed by atoms with Crippen LogP contribution in [0.15, 0.2) is 96.2 Å². The Balaban J connectivity index is 0.000000211. The van der Waals surface area contributed by atoms with Crippen molar-refractivity contribution in [1.82, 2.24) is 15.4 Å². The minimum atomic E-state index is -4.00. The molecule has 2 aromatic heterocycles. The van der Waals surface area contributed by atoms with Gasteiger partial charge in [-0.1, -0.05) is 41.9 Å². The molecule has 1 aliphatic rings. The lowest BCUT2D eigenvalue weighted by Gasteiger charge is -2.25. The van der Waals surface area contributed by atoms with E-state index in [2.05, 4.69) is 15.4 Å². The molecule has 4 aromatic rings.